The minimum absolute atomic E-state index is 0.0348. The van der Waals surface area contributed by atoms with Crippen molar-refractivity contribution in [3.8, 4) is 28.7 Å². The molecule has 0 fully saturated rings. The average molecular weight is 329 g/mol. The fourth-order valence-corrected chi connectivity index (χ4v) is 3.59. The number of ether oxygens (including phenoxy) is 3. The maximum absolute atomic E-state index is 10.4. The van der Waals surface area contributed by atoms with Crippen molar-refractivity contribution in [2.45, 2.75) is 12.5 Å². The minimum Gasteiger partial charge on any atom is -0.508 e. The lowest BCUT2D eigenvalue weighted by Gasteiger charge is -2.36. The van der Waals surface area contributed by atoms with Gasteiger partial charge in [0.1, 0.15) is 11.5 Å². The van der Waals surface area contributed by atoms with E-state index in [1.54, 1.807) is 19.2 Å². The van der Waals surface area contributed by atoms with Crippen molar-refractivity contribution >= 4 is 0 Å². The van der Waals surface area contributed by atoms with E-state index < -0.39 is 0 Å². The lowest BCUT2D eigenvalue weighted by Crippen LogP contribution is -2.33. The first-order chi connectivity index (χ1) is 11.6. The van der Waals surface area contributed by atoms with E-state index in [2.05, 4.69) is 4.90 Å². The number of hydrogen-bond donors (Lipinski definition) is 2. The number of nitrogens with zero attached hydrogens (tertiary/aromatic N) is 1. The summed E-state index contributed by atoms with van der Waals surface area (Å²) in [6, 6.07) is 6.48. The zero-order valence-electron chi connectivity index (χ0n) is 13.6. The largest absolute Gasteiger partial charge is 0.508 e. The zero-order valence-corrected chi connectivity index (χ0v) is 13.6. The summed E-state index contributed by atoms with van der Waals surface area (Å²) in [6.45, 7) is 1.01. The Hall–Kier alpha value is -2.60. The van der Waals surface area contributed by atoms with Gasteiger partial charge in [0.2, 0.25) is 12.5 Å². The van der Waals surface area contributed by atoms with E-state index in [1.165, 1.54) is 6.07 Å². The van der Waals surface area contributed by atoms with Crippen LogP contribution in [0.4, 0.5) is 0 Å². The van der Waals surface area contributed by atoms with Gasteiger partial charge in [-0.2, -0.15) is 0 Å². The summed E-state index contributed by atoms with van der Waals surface area (Å²) >= 11 is 0. The van der Waals surface area contributed by atoms with Crippen molar-refractivity contribution in [1.82, 2.24) is 4.90 Å². The van der Waals surface area contributed by atoms with Crippen LogP contribution in [0.15, 0.2) is 24.3 Å². The molecule has 1 atom stereocenters. The number of fused-ring (bicyclic) bond motifs is 2. The maximum atomic E-state index is 10.4. The van der Waals surface area contributed by atoms with E-state index in [0.29, 0.717) is 22.8 Å². The van der Waals surface area contributed by atoms with E-state index >= 15 is 0 Å². The first kappa shape index (κ1) is 15.0. The van der Waals surface area contributed by atoms with Gasteiger partial charge in [-0.3, -0.25) is 4.90 Å². The first-order valence-electron chi connectivity index (χ1n) is 7.81. The molecule has 0 unspecified atom stereocenters. The molecule has 2 N–H and O–H groups in total. The lowest BCUT2D eigenvalue weighted by atomic mass is 9.86. The molecule has 0 amide bonds. The summed E-state index contributed by atoms with van der Waals surface area (Å²) in [6.07, 6.45) is 0.855. The molecule has 0 spiro atoms. The fourth-order valence-electron chi connectivity index (χ4n) is 3.59. The summed E-state index contributed by atoms with van der Waals surface area (Å²) in [5.41, 5.74) is 2.80. The van der Waals surface area contributed by atoms with Gasteiger partial charge in [-0.15, -0.1) is 0 Å². The zero-order chi connectivity index (χ0) is 16.8. The SMILES string of the molecule is COc1c2c(cc3c1[C@@H](c1ccc(O)cc1O)N(C)CC3)OCO2. The highest BCUT2D eigenvalue weighted by Crippen LogP contribution is 2.51. The summed E-state index contributed by atoms with van der Waals surface area (Å²) < 4.78 is 16.8. The molecule has 2 aromatic rings. The van der Waals surface area contributed by atoms with Crippen molar-refractivity contribution in [1.29, 1.82) is 0 Å². The van der Waals surface area contributed by atoms with Crippen molar-refractivity contribution < 1.29 is 24.4 Å². The molecule has 4 rings (SSSR count). The van der Waals surface area contributed by atoms with Crippen LogP contribution >= 0.6 is 0 Å². The molecule has 6 heteroatoms. The van der Waals surface area contributed by atoms with E-state index in [4.69, 9.17) is 14.2 Å². The standard InChI is InChI=1S/C18H19NO5/c1-19-6-5-10-7-14-17(24-9-23-14)18(22-2)15(10)16(19)12-4-3-11(20)8-13(12)21/h3-4,7-8,16,20-21H,5-6,9H2,1-2H3/t16-/m1/s1. The number of methoxy groups -OCH3 is 1. The molecule has 6 nitrogen and oxygen atoms in total. The third-order valence-corrected chi connectivity index (χ3v) is 4.70. The van der Waals surface area contributed by atoms with Crippen LogP contribution < -0.4 is 14.2 Å². The van der Waals surface area contributed by atoms with Gasteiger partial charge in [0.15, 0.2) is 11.5 Å². The monoisotopic (exact) mass is 329 g/mol. The van der Waals surface area contributed by atoms with Crippen molar-refractivity contribution in [2.75, 3.05) is 27.5 Å². The highest BCUT2D eigenvalue weighted by molar-refractivity contribution is 5.64. The van der Waals surface area contributed by atoms with E-state index in [1.807, 2.05) is 13.1 Å². The Labute approximate surface area is 139 Å². The molecule has 126 valence electrons. The number of benzene rings is 2. The summed E-state index contributed by atoms with van der Waals surface area (Å²) in [7, 11) is 3.61. The number of phenols is 2. The molecule has 0 aliphatic carbocycles. The second-order valence-electron chi connectivity index (χ2n) is 6.09. The van der Waals surface area contributed by atoms with Crippen molar-refractivity contribution in [2.24, 2.45) is 0 Å². The molecule has 0 radical (unpaired) electrons. The van der Waals surface area contributed by atoms with Crippen LogP contribution in [0, 0.1) is 0 Å². The number of aromatic hydroxyl groups is 2. The van der Waals surface area contributed by atoms with Crippen LogP contribution in [0.1, 0.15) is 22.7 Å². The van der Waals surface area contributed by atoms with Crippen LogP contribution in [-0.2, 0) is 6.42 Å². The molecule has 2 aliphatic rings. The maximum Gasteiger partial charge on any atom is 0.231 e. The molecule has 0 saturated carbocycles. The molecule has 0 bridgehead atoms. The van der Waals surface area contributed by atoms with Crippen molar-refractivity contribution in [3.05, 3.63) is 41.0 Å². The topological polar surface area (TPSA) is 71.4 Å². The van der Waals surface area contributed by atoms with E-state index in [9.17, 15) is 10.2 Å². The van der Waals surface area contributed by atoms with Gasteiger partial charge in [-0.1, -0.05) is 0 Å². The molecule has 2 aromatic carbocycles. The predicted molar refractivity (Wildman–Crippen MR) is 87.1 cm³/mol. The van der Waals surface area contributed by atoms with Gasteiger partial charge in [0.05, 0.1) is 13.2 Å². The molecule has 2 heterocycles. The second kappa shape index (κ2) is 5.49. The van der Waals surface area contributed by atoms with Crippen LogP contribution in [0.2, 0.25) is 0 Å². The second-order valence-corrected chi connectivity index (χ2v) is 6.09. The molecule has 24 heavy (non-hydrogen) atoms. The Morgan fingerprint density at radius 3 is 2.79 bits per heavy atom. The van der Waals surface area contributed by atoms with Gasteiger partial charge in [-0.05, 0) is 37.2 Å². The van der Waals surface area contributed by atoms with Crippen LogP contribution in [0.3, 0.4) is 0 Å². The number of hydrogen-bond acceptors (Lipinski definition) is 6. The summed E-state index contributed by atoms with van der Waals surface area (Å²) in [5.74, 6) is 2.04. The minimum atomic E-state index is -0.196. The third kappa shape index (κ3) is 2.14. The van der Waals surface area contributed by atoms with Gasteiger partial charge >= 0.3 is 0 Å². The van der Waals surface area contributed by atoms with E-state index in [0.717, 1.165) is 24.1 Å². The Morgan fingerprint density at radius 2 is 2.04 bits per heavy atom. The smallest absolute Gasteiger partial charge is 0.231 e. The first-order valence-corrected chi connectivity index (χ1v) is 7.81. The molecule has 0 saturated heterocycles. The lowest BCUT2D eigenvalue weighted by molar-refractivity contribution is 0.170. The van der Waals surface area contributed by atoms with Crippen LogP contribution in [0.5, 0.6) is 28.7 Å². The Morgan fingerprint density at radius 1 is 1.21 bits per heavy atom. The number of rotatable bonds is 2. The number of likely N-dealkylation sites (N-methyl/N-ethyl adjacent to an activating group) is 1. The van der Waals surface area contributed by atoms with Crippen LogP contribution in [-0.4, -0.2) is 42.6 Å². The molecule has 2 aliphatic heterocycles. The normalized spacial score (nSPS) is 19.2. The fraction of sp³-hybridized carbons (Fsp3) is 0.333. The highest BCUT2D eigenvalue weighted by Gasteiger charge is 2.35. The third-order valence-electron chi connectivity index (χ3n) is 4.70. The number of phenolic OH excluding ortho intramolecular Hbond substituents is 2. The molecular formula is C18H19NO5. The van der Waals surface area contributed by atoms with Crippen molar-refractivity contribution in [3.63, 3.8) is 0 Å². The quantitative estimate of drug-likeness (QED) is 0.882. The summed E-state index contributed by atoms with van der Waals surface area (Å²) in [4.78, 5) is 2.15. The molecular weight excluding hydrogens is 310 g/mol. The predicted octanol–water partition coefficient (Wildman–Crippen LogP) is 2.41. The molecule has 0 aromatic heterocycles. The Kier molecular flexibility index (Phi) is 3.42. The van der Waals surface area contributed by atoms with Crippen LogP contribution in [0.25, 0.3) is 0 Å². The van der Waals surface area contributed by atoms with Gasteiger partial charge in [0.25, 0.3) is 0 Å². The van der Waals surface area contributed by atoms with Gasteiger partial charge in [0, 0.05) is 23.7 Å². The Bertz CT molecular complexity index is 804. The highest BCUT2D eigenvalue weighted by atomic mass is 16.7. The van der Waals surface area contributed by atoms with Gasteiger partial charge < -0.3 is 24.4 Å². The Balaban J connectivity index is 1.94. The van der Waals surface area contributed by atoms with Gasteiger partial charge in [-0.25, -0.2) is 0 Å². The summed E-state index contributed by atoms with van der Waals surface area (Å²) in [5, 5.41) is 20.0. The van der Waals surface area contributed by atoms with E-state index in [-0.39, 0.29) is 24.3 Å². The average Bonchev–Trinajstić information content (AvgIpc) is 3.02.